The molecule has 0 bridgehead atoms. The van der Waals surface area contributed by atoms with Crippen molar-refractivity contribution < 1.29 is 104 Å². The number of hydrogen-bond donors (Lipinski definition) is 14. The Kier molecular flexibility index (Phi) is 52.4. The number of aliphatic carboxylic acids is 1. The van der Waals surface area contributed by atoms with Crippen LogP contribution in [-0.2, 0) is 42.8 Å². The fourth-order valence-corrected chi connectivity index (χ4v) is 14.4. The summed E-state index contributed by atoms with van der Waals surface area (Å²) in [7, 11) is 0. The summed E-state index contributed by atoms with van der Waals surface area (Å²) in [5.74, 6) is -6.09. The molecular weight excluding hydrogens is 1290 g/mol. The van der Waals surface area contributed by atoms with Gasteiger partial charge in [-0.1, -0.05) is 303 Å². The second kappa shape index (κ2) is 57.0. The van der Waals surface area contributed by atoms with Crippen LogP contribution in [-0.4, -0.2) is 215 Å². The molecule has 3 heterocycles. The van der Waals surface area contributed by atoms with E-state index in [-0.39, 0.29) is 18.9 Å². The van der Waals surface area contributed by atoms with Crippen LogP contribution >= 0.6 is 0 Å². The largest absolute Gasteiger partial charge is 0.477 e. The summed E-state index contributed by atoms with van der Waals surface area (Å²) in [5.41, 5.74) is 0. The van der Waals surface area contributed by atoms with E-state index >= 15 is 0 Å². The molecule has 18 unspecified atom stereocenters. The van der Waals surface area contributed by atoms with Crippen molar-refractivity contribution in [2.24, 2.45) is 0 Å². The maximum atomic E-state index is 13.5. The topological polar surface area (TPSA) is 373 Å². The van der Waals surface area contributed by atoms with Crippen molar-refractivity contribution in [2.75, 3.05) is 26.4 Å². The first-order chi connectivity index (χ1) is 48.4. The van der Waals surface area contributed by atoms with Crippen molar-refractivity contribution in [3.63, 3.8) is 0 Å². The third kappa shape index (κ3) is 37.3. The monoisotopic (exact) mass is 1440 g/mol. The molecule has 3 aliphatic heterocycles. The summed E-state index contributed by atoms with van der Waals surface area (Å²) < 4.78 is 34.9. The molecule has 100 heavy (non-hydrogen) atoms. The Morgan fingerprint density at radius 2 is 0.870 bits per heavy atom. The zero-order valence-corrected chi connectivity index (χ0v) is 62.3. The quantitative estimate of drug-likeness (QED) is 0.0252. The van der Waals surface area contributed by atoms with Gasteiger partial charge in [0.05, 0.1) is 50.7 Å². The zero-order chi connectivity index (χ0) is 73.2. The van der Waals surface area contributed by atoms with E-state index < -0.39 is 148 Å². The Morgan fingerprint density at radius 3 is 1.25 bits per heavy atom. The molecule has 0 aromatic heterocycles. The maximum Gasteiger partial charge on any atom is 0.364 e. The molecule has 0 saturated carbocycles. The Morgan fingerprint density at radius 1 is 0.480 bits per heavy atom. The summed E-state index contributed by atoms with van der Waals surface area (Å²) in [6.45, 7) is 2.25. The Bertz CT molecular complexity index is 2000. The molecule has 0 aromatic carbocycles. The number of nitrogens with one attached hydrogen (secondary N) is 2. The van der Waals surface area contributed by atoms with E-state index in [9.17, 15) is 75.7 Å². The molecule has 0 radical (unpaired) electrons. The van der Waals surface area contributed by atoms with E-state index in [2.05, 4.69) is 24.5 Å². The second-order valence-corrected chi connectivity index (χ2v) is 29.6. The lowest BCUT2D eigenvalue weighted by Crippen LogP contribution is -2.70. The van der Waals surface area contributed by atoms with Crippen LogP contribution < -0.4 is 10.6 Å². The van der Waals surface area contributed by atoms with Crippen LogP contribution in [0.25, 0.3) is 0 Å². The van der Waals surface area contributed by atoms with E-state index in [1.54, 1.807) is 0 Å². The lowest BCUT2D eigenvalue weighted by molar-refractivity contribution is -0.386. The highest BCUT2D eigenvalue weighted by Crippen LogP contribution is 2.39. The molecule has 18 atom stereocenters. The van der Waals surface area contributed by atoms with E-state index in [1.807, 2.05) is 0 Å². The average molecular weight is 1440 g/mol. The van der Waals surface area contributed by atoms with Gasteiger partial charge in [-0.15, -0.1) is 0 Å². The van der Waals surface area contributed by atoms with Crippen LogP contribution in [0, 0.1) is 0 Å². The zero-order valence-electron chi connectivity index (χ0n) is 62.3. The molecule has 3 fully saturated rings. The van der Waals surface area contributed by atoms with Crippen molar-refractivity contribution in [3.8, 4) is 0 Å². The van der Waals surface area contributed by atoms with Gasteiger partial charge in [-0.2, -0.15) is 0 Å². The molecule has 2 amide bonds. The molecule has 3 rings (SSSR count). The predicted octanol–water partition coefficient (Wildman–Crippen LogP) is 10.4. The first-order valence-corrected chi connectivity index (χ1v) is 40.4. The molecule has 3 saturated heterocycles. The van der Waals surface area contributed by atoms with E-state index in [1.165, 1.54) is 238 Å². The predicted molar refractivity (Wildman–Crippen MR) is 385 cm³/mol. The highest BCUT2D eigenvalue weighted by atomic mass is 16.8. The smallest absolute Gasteiger partial charge is 0.364 e. The summed E-state index contributed by atoms with van der Waals surface area (Å²) in [5, 5.41) is 136. The SMILES string of the molecule is CCCCCCCCCCCCCCCCCCCCCCCCCCCCCCCCCCC(=O)NC(COC1OC(CO)C(OC2OC(CO)C(O)C(OC3(C(=O)O)CC(O)C(NC(C)=O)C(C(O)C(O)CO)O3)C2O)C(O)C1O)C(O)CCCCCCCCCCCCCCCC. The third-order valence-electron chi connectivity index (χ3n) is 20.8. The van der Waals surface area contributed by atoms with Gasteiger partial charge in [0.25, 0.3) is 5.79 Å². The number of unbranched alkanes of at least 4 members (excludes halogenated alkanes) is 44. The average Bonchev–Trinajstić information content (AvgIpc) is 0.755. The molecule has 590 valence electrons. The van der Waals surface area contributed by atoms with Crippen molar-refractivity contribution in [2.45, 2.75) is 445 Å². The molecule has 23 nitrogen and oxygen atoms in total. The van der Waals surface area contributed by atoms with Gasteiger partial charge < -0.3 is 100 Å². The van der Waals surface area contributed by atoms with Crippen LogP contribution in [0.5, 0.6) is 0 Å². The normalized spacial score (nSPS) is 26.9. The number of carbonyl (C=O) groups is 3. The number of rotatable bonds is 64. The van der Waals surface area contributed by atoms with Crippen LogP contribution in [0.15, 0.2) is 0 Å². The molecule has 3 aliphatic rings. The van der Waals surface area contributed by atoms with E-state index in [4.69, 9.17) is 28.4 Å². The van der Waals surface area contributed by atoms with Gasteiger partial charge >= 0.3 is 5.97 Å². The number of carbonyl (C=O) groups excluding carboxylic acids is 2. The van der Waals surface area contributed by atoms with Crippen LogP contribution in [0.3, 0.4) is 0 Å². The number of hydrogen-bond acceptors (Lipinski definition) is 20. The number of aliphatic hydroxyl groups excluding tert-OH is 11. The molecule has 0 aliphatic carbocycles. The number of carboxylic acid groups (broad SMARTS) is 1. The molecule has 14 N–H and O–H groups in total. The highest BCUT2D eigenvalue weighted by molar-refractivity contribution is 5.77. The standard InChI is InChI=1S/C77H146N2O21/c1-4-6-8-10-12-14-16-18-20-21-22-23-24-25-26-27-28-29-30-31-32-33-34-35-36-37-39-41-43-45-47-49-51-64(87)79-58(59(84)50-48-46-44-42-40-38-19-17-15-13-11-9-7-5-2)56-95-74-69(91)68(90)71(63(55-82)97-74)98-75-70(92)73(67(89)62(54-81)96-75)100-77(76(93)94)52-60(85)65(78-57(3)83)72(99-77)66(88)61(86)53-80/h58-63,65-75,80-82,84-86,88-92H,4-56H2,1-3H3,(H,78,83)(H,79,87)(H,93,94). The minimum absolute atomic E-state index is 0.230. The molecule has 0 spiro atoms. The Balaban J connectivity index is 1.45. The van der Waals surface area contributed by atoms with Gasteiger partial charge in [0.2, 0.25) is 11.8 Å². The van der Waals surface area contributed by atoms with Gasteiger partial charge in [-0.3, -0.25) is 9.59 Å². The maximum absolute atomic E-state index is 13.5. The van der Waals surface area contributed by atoms with Crippen LogP contribution in [0.1, 0.15) is 335 Å². The van der Waals surface area contributed by atoms with Gasteiger partial charge in [0, 0.05) is 19.8 Å². The third-order valence-corrected chi connectivity index (χ3v) is 20.8. The van der Waals surface area contributed by atoms with E-state index in [0.717, 1.165) is 51.9 Å². The molecule has 23 heteroatoms. The van der Waals surface area contributed by atoms with Gasteiger partial charge in [0.15, 0.2) is 12.6 Å². The fourth-order valence-electron chi connectivity index (χ4n) is 14.4. The van der Waals surface area contributed by atoms with E-state index in [0.29, 0.717) is 19.3 Å². The summed E-state index contributed by atoms with van der Waals surface area (Å²) >= 11 is 0. The molecule has 0 aromatic rings. The lowest BCUT2D eigenvalue weighted by Gasteiger charge is -2.50. The number of ether oxygens (including phenoxy) is 6. The van der Waals surface area contributed by atoms with Crippen molar-refractivity contribution in [3.05, 3.63) is 0 Å². The fraction of sp³-hybridized carbons (Fsp3) is 0.961. The van der Waals surface area contributed by atoms with Crippen molar-refractivity contribution in [1.82, 2.24) is 10.6 Å². The Labute approximate surface area is 601 Å². The van der Waals surface area contributed by atoms with Crippen molar-refractivity contribution >= 4 is 17.8 Å². The Hall–Kier alpha value is -2.27. The number of aliphatic hydroxyl groups is 11. The first-order valence-electron chi connectivity index (χ1n) is 40.4. The van der Waals surface area contributed by atoms with Crippen LogP contribution in [0.2, 0.25) is 0 Å². The van der Waals surface area contributed by atoms with Gasteiger partial charge in [0.1, 0.15) is 67.1 Å². The lowest BCUT2D eigenvalue weighted by atomic mass is 9.88. The highest BCUT2D eigenvalue weighted by Gasteiger charge is 2.60. The van der Waals surface area contributed by atoms with Gasteiger partial charge in [-0.05, 0) is 12.8 Å². The number of amides is 2. The second-order valence-electron chi connectivity index (χ2n) is 29.6. The minimum Gasteiger partial charge on any atom is -0.477 e. The summed E-state index contributed by atoms with van der Waals surface area (Å²) in [6, 6.07) is -2.52. The molecular formula is C77H146N2O21. The van der Waals surface area contributed by atoms with Gasteiger partial charge in [-0.25, -0.2) is 4.79 Å². The summed E-state index contributed by atoms with van der Waals surface area (Å²) in [6.07, 6.45) is 29.8. The van der Waals surface area contributed by atoms with Crippen LogP contribution in [0.4, 0.5) is 0 Å². The first kappa shape index (κ1) is 91.9. The van der Waals surface area contributed by atoms with Crippen molar-refractivity contribution in [1.29, 1.82) is 0 Å². The minimum atomic E-state index is -3.08. The number of carboxylic acids is 1. The summed E-state index contributed by atoms with van der Waals surface area (Å²) in [4.78, 5) is 38.7.